The number of rotatable bonds is 5. The molecule has 0 saturated heterocycles. The number of anilines is 1. The van der Waals surface area contributed by atoms with Crippen molar-refractivity contribution >= 4 is 11.6 Å². The van der Waals surface area contributed by atoms with E-state index in [9.17, 15) is 4.79 Å². The molecule has 112 valence electrons. The number of amides is 1. The molecule has 2 rings (SSSR count). The highest BCUT2D eigenvalue weighted by molar-refractivity contribution is 5.95. The second-order valence-corrected chi connectivity index (χ2v) is 4.93. The Morgan fingerprint density at radius 2 is 1.91 bits per heavy atom. The molecule has 0 aliphatic carbocycles. The third kappa shape index (κ3) is 3.64. The van der Waals surface area contributed by atoms with Crippen LogP contribution in [0.2, 0.25) is 0 Å². The topological polar surface area (TPSA) is 62.1 Å². The van der Waals surface area contributed by atoms with Gasteiger partial charge >= 0.3 is 0 Å². The number of benzene rings is 2. The van der Waals surface area contributed by atoms with Gasteiger partial charge in [0.05, 0.1) is 11.3 Å². The van der Waals surface area contributed by atoms with Crippen LogP contribution in [0.15, 0.2) is 48.5 Å². The number of nitrogens with one attached hydrogen (secondary N) is 1. The van der Waals surface area contributed by atoms with Gasteiger partial charge in [-0.1, -0.05) is 37.3 Å². The molecule has 0 radical (unpaired) electrons. The van der Waals surface area contributed by atoms with Crippen LogP contribution in [0.3, 0.4) is 0 Å². The number of hydrogen-bond donors (Lipinski definition) is 1. The van der Waals surface area contributed by atoms with Crippen molar-refractivity contribution in [3.63, 3.8) is 0 Å². The molecule has 0 unspecified atom stereocenters. The summed E-state index contributed by atoms with van der Waals surface area (Å²) in [4.78, 5) is 12.4. The molecule has 2 aromatic carbocycles. The van der Waals surface area contributed by atoms with Gasteiger partial charge in [-0.25, -0.2) is 0 Å². The minimum Gasteiger partial charge on any atom is -0.480 e. The molecular weight excluding hydrogens is 276 g/mol. The van der Waals surface area contributed by atoms with E-state index >= 15 is 0 Å². The maximum absolute atomic E-state index is 12.4. The molecule has 0 bridgehead atoms. The number of para-hydroxylation sites is 2. The van der Waals surface area contributed by atoms with Crippen molar-refractivity contribution < 1.29 is 9.53 Å². The van der Waals surface area contributed by atoms with Crippen molar-refractivity contribution in [2.75, 3.05) is 5.32 Å². The Labute approximate surface area is 130 Å². The quantitative estimate of drug-likeness (QED) is 0.915. The first-order valence-electron chi connectivity index (χ1n) is 7.18. The second kappa shape index (κ2) is 7.28. The summed E-state index contributed by atoms with van der Waals surface area (Å²) in [7, 11) is 0. The van der Waals surface area contributed by atoms with E-state index < -0.39 is 6.10 Å². The lowest BCUT2D eigenvalue weighted by Crippen LogP contribution is -2.32. The molecule has 4 nitrogen and oxygen atoms in total. The molecular formula is C18H18N2O2. The number of carbonyl (C=O) groups is 1. The van der Waals surface area contributed by atoms with Crippen LogP contribution in [0, 0.1) is 18.3 Å². The molecule has 1 atom stereocenters. The highest BCUT2D eigenvalue weighted by atomic mass is 16.5. The first kappa shape index (κ1) is 15.6. The van der Waals surface area contributed by atoms with Crippen molar-refractivity contribution in [1.29, 1.82) is 5.26 Å². The molecule has 0 heterocycles. The second-order valence-electron chi connectivity index (χ2n) is 4.93. The van der Waals surface area contributed by atoms with Crippen LogP contribution in [0.4, 0.5) is 5.69 Å². The largest absolute Gasteiger partial charge is 0.480 e. The third-order valence-corrected chi connectivity index (χ3v) is 3.33. The molecule has 22 heavy (non-hydrogen) atoms. The van der Waals surface area contributed by atoms with Crippen LogP contribution in [-0.4, -0.2) is 12.0 Å². The Balaban J connectivity index is 2.13. The summed E-state index contributed by atoms with van der Waals surface area (Å²) < 4.78 is 5.81. The normalized spacial score (nSPS) is 11.3. The Hall–Kier alpha value is -2.80. The maximum atomic E-state index is 12.4. The number of aryl methyl sites for hydroxylation is 1. The minimum absolute atomic E-state index is 0.256. The lowest BCUT2D eigenvalue weighted by atomic mass is 10.1. The van der Waals surface area contributed by atoms with E-state index in [0.29, 0.717) is 23.4 Å². The average molecular weight is 294 g/mol. The SMILES string of the molecule is CC[C@H](Oc1ccccc1C)C(=O)Nc1ccccc1C#N. The van der Waals surface area contributed by atoms with Crippen molar-refractivity contribution in [3.05, 3.63) is 59.7 Å². The van der Waals surface area contributed by atoms with Crippen LogP contribution in [0.5, 0.6) is 5.75 Å². The number of nitriles is 1. The zero-order valence-electron chi connectivity index (χ0n) is 12.7. The van der Waals surface area contributed by atoms with Crippen molar-refractivity contribution in [1.82, 2.24) is 0 Å². The number of hydrogen-bond acceptors (Lipinski definition) is 3. The van der Waals surface area contributed by atoms with Crippen LogP contribution < -0.4 is 10.1 Å². The molecule has 0 fully saturated rings. The van der Waals surface area contributed by atoms with Crippen molar-refractivity contribution in [2.24, 2.45) is 0 Å². The van der Waals surface area contributed by atoms with Gasteiger partial charge in [0.25, 0.3) is 5.91 Å². The van der Waals surface area contributed by atoms with E-state index in [1.54, 1.807) is 24.3 Å². The number of carbonyl (C=O) groups excluding carboxylic acids is 1. The summed E-state index contributed by atoms with van der Waals surface area (Å²) in [5.74, 6) is 0.437. The summed E-state index contributed by atoms with van der Waals surface area (Å²) in [6.45, 7) is 3.82. The van der Waals surface area contributed by atoms with Gasteiger partial charge in [0, 0.05) is 0 Å². The van der Waals surface area contributed by atoms with Crippen LogP contribution in [0.25, 0.3) is 0 Å². The predicted octanol–water partition coefficient (Wildman–Crippen LogP) is 3.66. The molecule has 4 heteroatoms. The van der Waals surface area contributed by atoms with E-state index in [1.165, 1.54) is 0 Å². The van der Waals surface area contributed by atoms with Crippen LogP contribution in [-0.2, 0) is 4.79 Å². The summed E-state index contributed by atoms with van der Waals surface area (Å²) in [5, 5.41) is 11.8. The van der Waals surface area contributed by atoms with E-state index in [0.717, 1.165) is 5.56 Å². The zero-order chi connectivity index (χ0) is 15.9. The summed E-state index contributed by atoms with van der Waals surface area (Å²) in [6.07, 6.45) is -0.0672. The Morgan fingerprint density at radius 1 is 1.23 bits per heavy atom. The van der Waals surface area contributed by atoms with Gasteiger partial charge in [0.2, 0.25) is 0 Å². The zero-order valence-corrected chi connectivity index (χ0v) is 12.7. The fraction of sp³-hybridized carbons (Fsp3) is 0.222. The van der Waals surface area contributed by atoms with Gasteiger partial charge in [0.15, 0.2) is 6.10 Å². The van der Waals surface area contributed by atoms with E-state index in [4.69, 9.17) is 10.00 Å². The van der Waals surface area contributed by atoms with Gasteiger partial charge in [0.1, 0.15) is 11.8 Å². The monoisotopic (exact) mass is 294 g/mol. The van der Waals surface area contributed by atoms with Gasteiger partial charge in [-0.3, -0.25) is 4.79 Å². The fourth-order valence-corrected chi connectivity index (χ4v) is 2.07. The van der Waals surface area contributed by atoms with Gasteiger partial charge in [-0.15, -0.1) is 0 Å². The maximum Gasteiger partial charge on any atom is 0.265 e. The molecule has 1 N–H and O–H groups in total. The Morgan fingerprint density at radius 3 is 2.59 bits per heavy atom. The minimum atomic E-state index is -0.604. The molecule has 2 aromatic rings. The average Bonchev–Trinajstić information content (AvgIpc) is 2.54. The first-order valence-corrected chi connectivity index (χ1v) is 7.18. The molecule has 0 aromatic heterocycles. The third-order valence-electron chi connectivity index (χ3n) is 3.33. The van der Waals surface area contributed by atoms with Crippen molar-refractivity contribution in [3.8, 4) is 11.8 Å². The van der Waals surface area contributed by atoms with Crippen molar-refractivity contribution in [2.45, 2.75) is 26.4 Å². The highest BCUT2D eigenvalue weighted by Gasteiger charge is 2.20. The predicted molar refractivity (Wildman–Crippen MR) is 85.7 cm³/mol. The Kier molecular flexibility index (Phi) is 5.16. The summed E-state index contributed by atoms with van der Waals surface area (Å²) in [5.41, 5.74) is 1.91. The molecule has 0 spiro atoms. The smallest absolute Gasteiger partial charge is 0.265 e. The molecule has 0 aliphatic heterocycles. The van der Waals surface area contributed by atoms with Crippen LogP contribution in [0.1, 0.15) is 24.5 Å². The number of ether oxygens (including phenoxy) is 1. The fourth-order valence-electron chi connectivity index (χ4n) is 2.07. The summed E-state index contributed by atoms with van der Waals surface area (Å²) in [6, 6.07) is 16.5. The standard InChI is InChI=1S/C18H18N2O2/c1-3-16(22-17-11-7-4-8-13(17)2)18(21)20-15-10-6-5-9-14(15)12-19/h4-11,16H,3H2,1-2H3,(H,20,21)/t16-/m0/s1. The van der Waals surface area contributed by atoms with Gasteiger partial charge < -0.3 is 10.1 Å². The van der Waals surface area contributed by atoms with Crippen LogP contribution >= 0.6 is 0 Å². The molecule has 1 amide bonds. The van der Waals surface area contributed by atoms with Gasteiger partial charge in [-0.05, 0) is 37.1 Å². The van der Waals surface area contributed by atoms with E-state index in [2.05, 4.69) is 11.4 Å². The lowest BCUT2D eigenvalue weighted by molar-refractivity contribution is -0.122. The lowest BCUT2D eigenvalue weighted by Gasteiger charge is -2.18. The van der Waals surface area contributed by atoms with E-state index in [-0.39, 0.29) is 5.91 Å². The highest BCUT2D eigenvalue weighted by Crippen LogP contribution is 2.20. The number of nitrogens with zero attached hydrogens (tertiary/aromatic N) is 1. The summed E-state index contributed by atoms with van der Waals surface area (Å²) >= 11 is 0. The van der Waals surface area contributed by atoms with Gasteiger partial charge in [-0.2, -0.15) is 5.26 Å². The first-order chi connectivity index (χ1) is 10.7. The molecule has 0 aliphatic rings. The molecule has 0 saturated carbocycles. The Bertz CT molecular complexity index is 704. The van der Waals surface area contributed by atoms with E-state index in [1.807, 2.05) is 38.1 Å².